The number of halogens is 2. The molecule has 0 saturated carbocycles. The SMILES string of the molecule is CC(C)Cn1nc(OC(=O)c2c(Cl)cccc2Cl)c2ccccc21. The van der Waals surface area contributed by atoms with Gasteiger partial charge in [0.2, 0.25) is 5.88 Å². The molecule has 124 valence electrons. The number of hydrogen-bond acceptors (Lipinski definition) is 3. The molecule has 4 nitrogen and oxygen atoms in total. The van der Waals surface area contributed by atoms with Crippen LogP contribution in [0.3, 0.4) is 0 Å². The van der Waals surface area contributed by atoms with Crippen molar-refractivity contribution >= 4 is 40.1 Å². The first-order valence-corrected chi connectivity index (χ1v) is 8.34. The Morgan fingerprint density at radius 2 is 1.79 bits per heavy atom. The molecule has 1 heterocycles. The van der Waals surface area contributed by atoms with Gasteiger partial charge in [0.15, 0.2) is 0 Å². The molecule has 0 N–H and O–H groups in total. The lowest BCUT2D eigenvalue weighted by atomic mass is 10.2. The Bertz CT molecular complexity index is 883. The van der Waals surface area contributed by atoms with E-state index >= 15 is 0 Å². The van der Waals surface area contributed by atoms with E-state index < -0.39 is 5.97 Å². The zero-order valence-corrected chi connectivity index (χ0v) is 14.8. The van der Waals surface area contributed by atoms with E-state index in [9.17, 15) is 4.79 Å². The van der Waals surface area contributed by atoms with E-state index in [1.165, 1.54) is 0 Å². The molecule has 0 fully saturated rings. The summed E-state index contributed by atoms with van der Waals surface area (Å²) >= 11 is 12.1. The van der Waals surface area contributed by atoms with Gasteiger partial charge in [-0.15, -0.1) is 5.10 Å². The highest BCUT2D eigenvalue weighted by atomic mass is 35.5. The van der Waals surface area contributed by atoms with Gasteiger partial charge in [-0.05, 0) is 30.2 Å². The minimum absolute atomic E-state index is 0.142. The van der Waals surface area contributed by atoms with Gasteiger partial charge < -0.3 is 4.74 Å². The summed E-state index contributed by atoms with van der Waals surface area (Å²) in [6.45, 7) is 4.93. The summed E-state index contributed by atoms with van der Waals surface area (Å²) in [6.07, 6.45) is 0. The Labute approximate surface area is 149 Å². The van der Waals surface area contributed by atoms with Crippen LogP contribution in [0.25, 0.3) is 10.9 Å². The Kier molecular flexibility index (Phi) is 4.78. The summed E-state index contributed by atoms with van der Waals surface area (Å²) in [5.74, 6) is 0.0488. The number of ether oxygens (including phenoxy) is 1. The van der Waals surface area contributed by atoms with Gasteiger partial charge in [-0.2, -0.15) is 0 Å². The second-order valence-corrected chi connectivity index (χ2v) is 6.70. The summed E-state index contributed by atoms with van der Waals surface area (Å²) < 4.78 is 7.34. The number of benzene rings is 2. The molecule has 6 heteroatoms. The van der Waals surface area contributed by atoms with Crippen molar-refractivity contribution in [3.8, 4) is 5.88 Å². The van der Waals surface area contributed by atoms with Crippen LogP contribution in [0.15, 0.2) is 42.5 Å². The molecule has 0 atom stereocenters. The molecule has 0 saturated heterocycles. The normalized spacial score (nSPS) is 11.2. The van der Waals surface area contributed by atoms with Crippen molar-refractivity contribution < 1.29 is 9.53 Å². The number of esters is 1. The van der Waals surface area contributed by atoms with E-state index in [0.29, 0.717) is 5.92 Å². The van der Waals surface area contributed by atoms with Crippen LogP contribution in [0.2, 0.25) is 10.0 Å². The van der Waals surface area contributed by atoms with Gasteiger partial charge in [0.25, 0.3) is 0 Å². The smallest absolute Gasteiger partial charge is 0.347 e. The average molecular weight is 363 g/mol. The Morgan fingerprint density at radius 1 is 1.12 bits per heavy atom. The Balaban J connectivity index is 2.00. The third-order valence-electron chi connectivity index (χ3n) is 3.52. The van der Waals surface area contributed by atoms with Crippen LogP contribution in [0.4, 0.5) is 0 Å². The van der Waals surface area contributed by atoms with Gasteiger partial charge in [-0.25, -0.2) is 4.79 Å². The third-order valence-corrected chi connectivity index (χ3v) is 4.15. The zero-order chi connectivity index (χ0) is 17.3. The fourth-order valence-corrected chi connectivity index (χ4v) is 3.04. The minimum Gasteiger partial charge on any atom is -0.401 e. The quantitative estimate of drug-likeness (QED) is 0.597. The molecule has 0 aliphatic carbocycles. The minimum atomic E-state index is -0.620. The Morgan fingerprint density at radius 3 is 2.46 bits per heavy atom. The Hall–Kier alpha value is -2.04. The molecule has 0 aliphatic heterocycles. The van der Waals surface area contributed by atoms with Gasteiger partial charge in [-0.3, -0.25) is 4.68 Å². The van der Waals surface area contributed by atoms with Gasteiger partial charge >= 0.3 is 5.97 Å². The lowest BCUT2D eigenvalue weighted by Gasteiger charge is -2.06. The topological polar surface area (TPSA) is 44.1 Å². The molecular formula is C18H16Cl2N2O2. The highest BCUT2D eigenvalue weighted by Crippen LogP contribution is 2.29. The van der Waals surface area contributed by atoms with Crippen LogP contribution in [0.1, 0.15) is 24.2 Å². The molecule has 0 aliphatic rings. The first-order valence-electron chi connectivity index (χ1n) is 7.59. The number of hydrogen-bond donors (Lipinski definition) is 0. The van der Waals surface area contributed by atoms with E-state index in [1.807, 2.05) is 28.9 Å². The molecule has 0 amide bonds. The molecule has 0 bridgehead atoms. The summed E-state index contributed by atoms with van der Waals surface area (Å²) in [5, 5.41) is 5.71. The van der Waals surface area contributed by atoms with Crippen molar-refractivity contribution in [3.05, 3.63) is 58.1 Å². The summed E-state index contributed by atoms with van der Waals surface area (Å²) in [5.41, 5.74) is 1.06. The number of nitrogens with zero attached hydrogens (tertiary/aromatic N) is 2. The van der Waals surface area contributed by atoms with E-state index in [4.69, 9.17) is 27.9 Å². The number of para-hydroxylation sites is 1. The van der Waals surface area contributed by atoms with Crippen LogP contribution in [0, 0.1) is 5.92 Å². The molecule has 2 aromatic carbocycles. The van der Waals surface area contributed by atoms with Gasteiger partial charge in [0.05, 0.1) is 26.5 Å². The second-order valence-electron chi connectivity index (χ2n) is 5.88. The predicted molar refractivity (Wildman–Crippen MR) is 96.0 cm³/mol. The fraction of sp³-hybridized carbons (Fsp3) is 0.222. The van der Waals surface area contributed by atoms with Gasteiger partial charge in [0, 0.05) is 6.54 Å². The van der Waals surface area contributed by atoms with Crippen molar-refractivity contribution in [2.45, 2.75) is 20.4 Å². The summed E-state index contributed by atoms with van der Waals surface area (Å²) in [4.78, 5) is 12.5. The molecular weight excluding hydrogens is 347 g/mol. The van der Waals surface area contributed by atoms with Crippen molar-refractivity contribution in [3.63, 3.8) is 0 Å². The fourth-order valence-electron chi connectivity index (χ4n) is 2.49. The number of carbonyl (C=O) groups is 1. The predicted octanol–water partition coefficient (Wildman–Crippen LogP) is 5.22. The van der Waals surface area contributed by atoms with Crippen molar-refractivity contribution in [1.82, 2.24) is 9.78 Å². The molecule has 1 aromatic heterocycles. The van der Waals surface area contributed by atoms with E-state index in [1.54, 1.807) is 18.2 Å². The first kappa shape index (κ1) is 16.8. The van der Waals surface area contributed by atoms with Crippen molar-refractivity contribution in [1.29, 1.82) is 0 Å². The molecule has 0 radical (unpaired) electrons. The van der Waals surface area contributed by atoms with E-state index in [0.717, 1.165) is 17.4 Å². The zero-order valence-electron chi connectivity index (χ0n) is 13.3. The summed E-state index contributed by atoms with van der Waals surface area (Å²) in [6, 6.07) is 12.5. The highest BCUT2D eigenvalue weighted by Gasteiger charge is 2.20. The lowest BCUT2D eigenvalue weighted by Crippen LogP contribution is -2.11. The number of rotatable bonds is 4. The molecule has 24 heavy (non-hydrogen) atoms. The lowest BCUT2D eigenvalue weighted by molar-refractivity contribution is 0.0728. The van der Waals surface area contributed by atoms with Crippen LogP contribution >= 0.6 is 23.2 Å². The molecule has 0 unspecified atom stereocenters. The molecule has 0 spiro atoms. The number of carbonyl (C=O) groups excluding carboxylic acids is 1. The van der Waals surface area contributed by atoms with Crippen LogP contribution in [-0.4, -0.2) is 15.7 Å². The molecule has 3 rings (SSSR count). The van der Waals surface area contributed by atoms with Gasteiger partial charge in [-0.1, -0.05) is 55.2 Å². The van der Waals surface area contributed by atoms with Crippen molar-refractivity contribution in [2.24, 2.45) is 5.92 Å². The maximum Gasteiger partial charge on any atom is 0.347 e. The number of aromatic nitrogens is 2. The highest BCUT2D eigenvalue weighted by molar-refractivity contribution is 6.39. The second kappa shape index (κ2) is 6.83. The largest absolute Gasteiger partial charge is 0.401 e. The maximum absolute atomic E-state index is 12.5. The maximum atomic E-state index is 12.5. The number of fused-ring (bicyclic) bond motifs is 1. The van der Waals surface area contributed by atoms with Crippen LogP contribution in [-0.2, 0) is 6.54 Å². The van der Waals surface area contributed by atoms with Crippen LogP contribution in [0.5, 0.6) is 5.88 Å². The summed E-state index contributed by atoms with van der Waals surface area (Å²) in [7, 11) is 0. The van der Waals surface area contributed by atoms with Crippen LogP contribution < -0.4 is 4.74 Å². The third kappa shape index (κ3) is 3.25. The average Bonchev–Trinajstić information content (AvgIpc) is 2.84. The first-order chi connectivity index (χ1) is 11.5. The standard InChI is InChI=1S/C18H16Cl2N2O2/c1-11(2)10-22-15-9-4-3-6-12(15)17(21-22)24-18(23)16-13(19)7-5-8-14(16)20/h3-9,11H,10H2,1-2H3. The van der Waals surface area contributed by atoms with Gasteiger partial charge in [0.1, 0.15) is 0 Å². The van der Waals surface area contributed by atoms with E-state index in [-0.39, 0.29) is 21.5 Å². The van der Waals surface area contributed by atoms with E-state index in [2.05, 4.69) is 18.9 Å². The van der Waals surface area contributed by atoms with Crippen molar-refractivity contribution in [2.75, 3.05) is 0 Å². The monoisotopic (exact) mass is 362 g/mol. The molecule has 3 aromatic rings.